The van der Waals surface area contributed by atoms with Gasteiger partial charge in [-0.25, -0.2) is 13.9 Å². The molecule has 0 radical (unpaired) electrons. The highest BCUT2D eigenvalue weighted by Crippen LogP contribution is 2.38. The zero-order valence-corrected chi connectivity index (χ0v) is 16.3. The number of aromatic carboxylic acids is 1. The molecular weight excluding hydrogens is 414 g/mol. The van der Waals surface area contributed by atoms with E-state index in [2.05, 4.69) is 5.10 Å². The van der Waals surface area contributed by atoms with E-state index in [0.717, 1.165) is 0 Å². The molecular formula is C22H13Cl2FN2O2. The summed E-state index contributed by atoms with van der Waals surface area (Å²) in [5.41, 5.74) is 2.43. The smallest absolute Gasteiger partial charge is 0.357 e. The van der Waals surface area contributed by atoms with Crippen molar-refractivity contribution in [2.45, 2.75) is 0 Å². The number of benzene rings is 3. The third kappa shape index (κ3) is 3.62. The van der Waals surface area contributed by atoms with E-state index < -0.39 is 11.8 Å². The zero-order valence-electron chi connectivity index (χ0n) is 14.8. The fourth-order valence-corrected chi connectivity index (χ4v) is 3.52. The molecule has 1 heterocycles. The minimum Gasteiger partial charge on any atom is -0.476 e. The van der Waals surface area contributed by atoms with Crippen LogP contribution in [0.25, 0.3) is 28.1 Å². The number of rotatable bonds is 4. The number of nitrogens with zero attached hydrogens (tertiary/aromatic N) is 2. The van der Waals surface area contributed by atoms with Crippen molar-refractivity contribution < 1.29 is 14.3 Å². The summed E-state index contributed by atoms with van der Waals surface area (Å²) in [4.78, 5) is 12.0. The van der Waals surface area contributed by atoms with Crippen LogP contribution in [0, 0.1) is 5.82 Å². The lowest BCUT2D eigenvalue weighted by Gasteiger charge is -2.11. The van der Waals surface area contributed by atoms with E-state index in [1.54, 1.807) is 22.9 Å². The van der Waals surface area contributed by atoms with Crippen LogP contribution in [0.1, 0.15) is 10.5 Å². The summed E-state index contributed by atoms with van der Waals surface area (Å²) in [6, 6.07) is 20.2. The quantitative estimate of drug-likeness (QED) is 0.413. The van der Waals surface area contributed by atoms with E-state index in [9.17, 15) is 14.3 Å². The van der Waals surface area contributed by atoms with Gasteiger partial charge in [-0.3, -0.25) is 0 Å². The van der Waals surface area contributed by atoms with Crippen LogP contribution in [-0.2, 0) is 0 Å². The molecule has 0 saturated heterocycles. The predicted octanol–water partition coefficient (Wildman–Crippen LogP) is 6.35. The maximum absolute atomic E-state index is 13.7. The van der Waals surface area contributed by atoms with Crippen molar-refractivity contribution in [1.29, 1.82) is 0 Å². The molecule has 4 rings (SSSR count). The maximum atomic E-state index is 13.7. The molecule has 144 valence electrons. The van der Waals surface area contributed by atoms with Crippen LogP contribution in [-0.4, -0.2) is 20.9 Å². The van der Waals surface area contributed by atoms with Crippen LogP contribution in [0.5, 0.6) is 0 Å². The summed E-state index contributed by atoms with van der Waals surface area (Å²) in [5, 5.41) is 14.6. The summed E-state index contributed by atoms with van der Waals surface area (Å²) >= 11 is 12.2. The van der Waals surface area contributed by atoms with E-state index in [1.165, 1.54) is 18.2 Å². The van der Waals surface area contributed by atoms with Crippen molar-refractivity contribution in [3.8, 4) is 28.1 Å². The molecule has 0 atom stereocenters. The Morgan fingerprint density at radius 3 is 2.34 bits per heavy atom. The Kier molecular flexibility index (Phi) is 5.09. The first kappa shape index (κ1) is 19.2. The third-order valence-electron chi connectivity index (χ3n) is 4.40. The first-order valence-electron chi connectivity index (χ1n) is 8.59. The molecule has 7 heteroatoms. The number of carbonyl (C=O) groups is 1. The number of aromatic nitrogens is 2. The normalized spacial score (nSPS) is 10.9. The second kappa shape index (κ2) is 7.70. The van der Waals surface area contributed by atoms with E-state index in [-0.39, 0.29) is 10.7 Å². The molecule has 4 aromatic rings. The van der Waals surface area contributed by atoms with Crippen molar-refractivity contribution >= 4 is 29.2 Å². The molecule has 0 aliphatic rings. The summed E-state index contributed by atoms with van der Waals surface area (Å²) in [7, 11) is 0. The van der Waals surface area contributed by atoms with Crippen LogP contribution in [0.15, 0.2) is 72.8 Å². The number of para-hydroxylation sites is 1. The molecule has 0 aliphatic carbocycles. The van der Waals surface area contributed by atoms with Gasteiger partial charge in [0.05, 0.1) is 16.4 Å². The Morgan fingerprint density at radius 1 is 0.931 bits per heavy atom. The van der Waals surface area contributed by atoms with Crippen LogP contribution < -0.4 is 0 Å². The van der Waals surface area contributed by atoms with Crippen molar-refractivity contribution in [2.24, 2.45) is 0 Å². The molecule has 0 bridgehead atoms. The van der Waals surface area contributed by atoms with E-state index in [0.29, 0.717) is 33.1 Å². The average Bonchev–Trinajstić information content (AvgIpc) is 3.12. The molecule has 29 heavy (non-hydrogen) atoms. The zero-order chi connectivity index (χ0) is 20.5. The second-order valence-electron chi connectivity index (χ2n) is 6.26. The van der Waals surface area contributed by atoms with Crippen LogP contribution in [0.3, 0.4) is 0 Å². The first-order valence-corrected chi connectivity index (χ1v) is 9.34. The molecule has 3 aromatic carbocycles. The summed E-state index contributed by atoms with van der Waals surface area (Å²) < 4.78 is 15.3. The summed E-state index contributed by atoms with van der Waals surface area (Å²) in [5.74, 6) is -1.80. The Labute approximate surface area is 175 Å². The van der Waals surface area contributed by atoms with Gasteiger partial charge < -0.3 is 5.11 Å². The fourth-order valence-electron chi connectivity index (χ4n) is 3.15. The van der Waals surface area contributed by atoms with Crippen molar-refractivity contribution in [2.75, 3.05) is 0 Å². The van der Waals surface area contributed by atoms with Gasteiger partial charge >= 0.3 is 5.97 Å². The van der Waals surface area contributed by atoms with Gasteiger partial charge in [0, 0.05) is 16.1 Å². The highest BCUT2D eigenvalue weighted by molar-refractivity contribution is 6.31. The molecule has 4 nitrogen and oxygen atoms in total. The third-order valence-corrected chi connectivity index (χ3v) is 4.92. The Balaban J connectivity index is 2.11. The molecule has 0 aliphatic heterocycles. The van der Waals surface area contributed by atoms with Gasteiger partial charge in [0.15, 0.2) is 5.69 Å². The van der Waals surface area contributed by atoms with Gasteiger partial charge in [-0.15, -0.1) is 0 Å². The topological polar surface area (TPSA) is 55.1 Å². The van der Waals surface area contributed by atoms with Crippen molar-refractivity contribution in [3.63, 3.8) is 0 Å². The second-order valence-corrected chi connectivity index (χ2v) is 7.11. The van der Waals surface area contributed by atoms with Gasteiger partial charge in [-0.05, 0) is 42.0 Å². The molecule has 0 unspecified atom stereocenters. The summed E-state index contributed by atoms with van der Waals surface area (Å²) in [6.45, 7) is 0. The number of carboxylic acids is 1. The first-order chi connectivity index (χ1) is 14.0. The van der Waals surface area contributed by atoms with E-state index in [4.69, 9.17) is 23.2 Å². The Morgan fingerprint density at radius 2 is 1.69 bits per heavy atom. The SMILES string of the molecule is O=C(O)c1nn(-c2ccccc2)c(-c2cccc(Cl)c2)c1-c1ccc(F)c(Cl)c1. The molecule has 1 aromatic heterocycles. The molecule has 0 spiro atoms. The van der Waals surface area contributed by atoms with E-state index in [1.807, 2.05) is 36.4 Å². The molecule has 0 saturated carbocycles. The van der Waals surface area contributed by atoms with Gasteiger partial charge in [-0.2, -0.15) is 5.10 Å². The monoisotopic (exact) mass is 426 g/mol. The van der Waals surface area contributed by atoms with Gasteiger partial charge in [0.2, 0.25) is 0 Å². The Bertz CT molecular complexity index is 1220. The van der Waals surface area contributed by atoms with Crippen LogP contribution in [0.2, 0.25) is 10.0 Å². The van der Waals surface area contributed by atoms with Gasteiger partial charge in [0.1, 0.15) is 5.82 Å². The maximum Gasteiger partial charge on any atom is 0.357 e. The Hall–Kier alpha value is -3.15. The van der Waals surface area contributed by atoms with E-state index >= 15 is 0 Å². The largest absolute Gasteiger partial charge is 0.476 e. The minimum absolute atomic E-state index is 0.108. The highest BCUT2D eigenvalue weighted by atomic mass is 35.5. The lowest BCUT2D eigenvalue weighted by Crippen LogP contribution is -2.02. The number of halogens is 3. The molecule has 1 N–H and O–H groups in total. The van der Waals surface area contributed by atoms with Crippen LogP contribution >= 0.6 is 23.2 Å². The lowest BCUT2D eigenvalue weighted by atomic mass is 9.98. The lowest BCUT2D eigenvalue weighted by molar-refractivity contribution is 0.0691. The minimum atomic E-state index is -1.21. The summed E-state index contributed by atoms with van der Waals surface area (Å²) in [6.07, 6.45) is 0. The number of hydrogen-bond acceptors (Lipinski definition) is 2. The highest BCUT2D eigenvalue weighted by Gasteiger charge is 2.26. The number of hydrogen-bond donors (Lipinski definition) is 1. The van der Waals surface area contributed by atoms with Crippen molar-refractivity contribution in [1.82, 2.24) is 9.78 Å². The van der Waals surface area contributed by atoms with Crippen molar-refractivity contribution in [3.05, 3.63) is 94.4 Å². The number of carboxylic acid groups (broad SMARTS) is 1. The van der Waals surface area contributed by atoms with Gasteiger partial charge in [0.25, 0.3) is 0 Å². The average molecular weight is 427 g/mol. The van der Waals surface area contributed by atoms with Gasteiger partial charge in [-0.1, -0.05) is 59.6 Å². The van der Waals surface area contributed by atoms with Crippen LogP contribution in [0.4, 0.5) is 4.39 Å². The standard InChI is InChI=1S/C22H13Cl2FN2O2/c23-15-6-4-5-14(11-15)21-19(13-9-10-18(25)17(24)12-13)20(22(28)29)26-27(21)16-7-2-1-3-8-16/h1-12H,(H,28,29). The predicted molar refractivity (Wildman–Crippen MR) is 111 cm³/mol. The molecule has 0 amide bonds. The molecule has 0 fully saturated rings. The fraction of sp³-hybridized carbons (Fsp3) is 0.